The Labute approximate surface area is 272 Å². The summed E-state index contributed by atoms with van der Waals surface area (Å²) in [5, 5.41) is 8.58. The Morgan fingerprint density at radius 3 is 2.29 bits per heavy atom. The largest absolute Gasteiger partial charge is 0.404 e. The molecule has 0 unspecified atom stereocenters. The first-order valence-electron chi connectivity index (χ1n) is 14.8. The van der Waals surface area contributed by atoms with Crippen LogP contribution in [0.25, 0.3) is 55.0 Å². The molecule has 0 aliphatic rings. The number of nitrogens with two attached hydrogens (primary N) is 3. The second kappa shape index (κ2) is 14.3. The SMILES string of the molecule is N/C=C\SCC/C=C\C(=C/N)c1ccc2c3ccc(-c4ccc(CS/C=C\N)nc4)cc3n(-c3cccc4ccccc34)c2c1. The zero-order valence-corrected chi connectivity index (χ0v) is 26.5. The van der Waals surface area contributed by atoms with Crippen molar-refractivity contribution < 1.29 is 0 Å². The van der Waals surface area contributed by atoms with Crippen molar-refractivity contribution in [1.82, 2.24) is 9.55 Å². The predicted molar refractivity (Wildman–Crippen MR) is 198 cm³/mol. The van der Waals surface area contributed by atoms with Crippen LogP contribution in [0.3, 0.4) is 0 Å². The standard InChI is InChI=1S/C38H35N5S2/c39-17-20-44-19-4-3-7-30(24-41)28-12-15-34-35-16-13-29(31-11-14-32(42-25-31)26-45-21-18-40)23-38(35)43(37(34)22-28)36-10-5-8-27-6-1-2-9-33(27)36/h1-3,5-18,20-25H,4,19,26,39-41H2/b7-3-,20-17-,21-18-,30-24+. The highest BCUT2D eigenvalue weighted by atomic mass is 32.2. The maximum atomic E-state index is 6.17. The maximum absolute atomic E-state index is 6.17. The highest BCUT2D eigenvalue weighted by Crippen LogP contribution is 2.38. The molecule has 0 aliphatic carbocycles. The Kier molecular flexibility index (Phi) is 9.59. The van der Waals surface area contributed by atoms with Gasteiger partial charge in [0, 0.05) is 58.0 Å². The molecule has 0 bridgehead atoms. The number of hydrogen-bond donors (Lipinski definition) is 3. The van der Waals surface area contributed by atoms with Gasteiger partial charge in [0.2, 0.25) is 0 Å². The first kappa shape index (κ1) is 30.2. The first-order valence-corrected chi connectivity index (χ1v) is 16.9. The molecule has 0 radical (unpaired) electrons. The maximum Gasteiger partial charge on any atom is 0.0547 e. The van der Waals surface area contributed by atoms with Crippen molar-refractivity contribution in [2.45, 2.75) is 12.2 Å². The van der Waals surface area contributed by atoms with E-state index in [0.717, 1.165) is 62.6 Å². The van der Waals surface area contributed by atoms with Gasteiger partial charge in [-0.2, -0.15) is 0 Å². The highest BCUT2D eigenvalue weighted by Gasteiger charge is 2.16. The van der Waals surface area contributed by atoms with Gasteiger partial charge in [-0.3, -0.25) is 4.98 Å². The highest BCUT2D eigenvalue weighted by molar-refractivity contribution is 8.02. The molecule has 0 amide bonds. The van der Waals surface area contributed by atoms with E-state index < -0.39 is 0 Å². The summed E-state index contributed by atoms with van der Waals surface area (Å²) in [5.41, 5.74) is 25.8. The van der Waals surface area contributed by atoms with E-state index in [1.165, 1.54) is 21.5 Å². The molecule has 2 aromatic heterocycles. The minimum Gasteiger partial charge on any atom is -0.404 e. The monoisotopic (exact) mass is 625 g/mol. The summed E-state index contributed by atoms with van der Waals surface area (Å²) in [4.78, 5) is 4.72. The lowest BCUT2D eigenvalue weighted by Gasteiger charge is -2.13. The van der Waals surface area contributed by atoms with Gasteiger partial charge < -0.3 is 21.8 Å². The molecule has 0 fully saturated rings. The normalized spacial score (nSPS) is 12.6. The molecule has 0 spiro atoms. The summed E-state index contributed by atoms with van der Waals surface area (Å²) in [6.07, 6.45) is 12.0. The fourth-order valence-electron chi connectivity index (χ4n) is 5.63. The number of pyridine rings is 1. The summed E-state index contributed by atoms with van der Waals surface area (Å²) in [7, 11) is 0. The number of thioether (sulfide) groups is 2. The Bertz CT molecular complexity index is 2070. The Balaban J connectivity index is 1.48. The number of nitrogens with zero attached hydrogens (tertiary/aromatic N) is 2. The van der Waals surface area contributed by atoms with Gasteiger partial charge in [-0.25, -0.2) is 0 Å². The van der Waals surface area contributed by atoms with E-state index in [9.17, 15) is 0 Å². The van der Waals surface area contributed by atoms with Gasteiger partial charge >= 0.3 is 0 Å². The average molecular weight is 626 g/mol. The van der Waals surface area contributed by atoms with E-state index in [-0.39, 0.29) is 0 Å². The minimum absolute atomic E-state index is 0.781. The van der Waals surface area contributed by atoms with Crippen LogP contribution in [0.4, 0.5) is 0 Å². The number of fused-ring (bicyclic) bond motifs is 4. The van der Waals surface area contributed by atoms with Crippen LogP contribution < -0.4 is 17.2 Å². The molecule has 0 saturated carbocycles. The van der Waals surface area contributed by atoms with Crippen LogP contribution >= 0.6 is 23.5 Å². The van der Waals surface area contributed by atoms with Crippen LogP contribution in [0, 0.1) is 0 Å². The van der Waals surface area contributed by atoms with Gasteiger partial charge in [-0.05, 0) is 63.6 Å². The molecule has 2 heterocycles. The summed E-state index contributed by atoms with van der Waals surface area (Å²) >= 11 is 3.33. The molecule has 6 N–H and O–H groups in total. The molecule has 7 heteroatoms. The molecule has 0 saturated heterocycles. The molecule has 4 aromatic carbocycles. The third-order valence-electron chi connectivity index (χ3n) is 7.73. The molecule has 0 atom stereocenters. The molecule has 224 valence electrons. The molecule has 6 rings (SSSR count). The van der Waals surface area contributed by atoms with Gasteiger partial charge in [0.1, 0.15) is 0 Å². The van der Waals surface area contributed by atoms with Crippen LogP contribution in [0.15, 0.2) is 139 Å². The zero-order chi connectivity index (χ0) is 31.0. The minimum atomic E-state index is 0.781. The number of rotatable bonds is 11. The second-order valence-corrected chi connectivity index (χ2v) is 12.4. The third kappa shape index (κ3) is 6.50. The van der Waals surface area contributed by atoms with E-state index in [1.807, 2.05) is 17.0 Å². The lowest BCUT2D eigenvalue weighted by atomic mass is 10.0. The number of hydrogen-bond acceptors (Lipinski definition) is 6. The van der Waals surface area contributed by atoms with Gasteiger partial charge in [0.15, 0.2) is 0 Å². The van der Waals surface area contributed by atoms with Gasteiger partial charge in [-0.15, -0.1) is 23.5 Å². The lowest BCUT2D eigenvalue weighted by molar-refractivity contribution is 1.18. The van der Waals surface area contributed by atoms with Gasteiger partial charge in [0.25, 0.3) is 0 Å². The van der Waals surface area contributed by atoms with Crippen molar-refractivity contribution in [3.05, 3.63) is 150 Å². The van der Waals surface area contributed by atoms with Crippen LogP contribution in [0.5, 0.6) is 0 Å². The third-order valence-corrected chi connectivity index (χ3v) is 9.36. The topological polar surface area (TPSA) is 95.9 Å². The van der Waals surface area contributed by atoms with Gasteiger partial charge in [0.05, 0.1) is 22.4 Å². The van der Waals surface area contributed by atoms with Crippen molar-refractivity contribution in [3.8, 4) is 16.8 Å². The molecule has 5 nitrogen and oxygen atoms in total. The van der Waals surface area contributed by atoms with Crippen molar-refractivity contribution in [2.75, 3.05) is 5.75 Å². The fraction of sp³-hybridized carbons (Fsp3) is 0.0789. The number of benzene rings is 4. The Morgan fingerprint density at radius 2 is 1.49 bits per heavy atom. The summed E-state index contributed by atoms with van der Waals surface area (Å²) in [6, 6.07) is 32.7. The van der Waals surface area contributed by atoms with E-state index in [2.05, 4.69) is 108 Å². The molecule has 0 aliphatic heterocycles. The fourth-order valence-corrected chi connectivity index (χ4v) is 6.70. The van der Waals surface area contributed by atoms with Crippen molar-refractivity contribution in [1.29, 1.82) is 0 Å². The molecular formula is C38H35N5S2. The van der Waals surface area contributed by atoms with Crippen LogP contribution in [0.2, 0.25) is 0 Å². The summed E-state index contributed by atoms with van der Waals surface area (Å²) in [5.74, 6) is 1.74. The van der Waals surface area contributed by atoms with Crippen molar-refractivity contribution >= 4 is 61.7 Å². The second-order valence-electron chi connectivity index (χ2n) is 10.5. The quantitative estimate of drug-likeness (QED) is 0.0982. The van der Waals surface area contributed by atoms with E-state index in [0.29, 0.717) is 0 Å². The predicted octanol–water partition coefficient (Wildman–Crippen LogP) is 9.07. The smallest absolute Gasteiger partial charge is 0.0547 e. The van der Waals surface area contributed by atoms with Crippen molar-refractivity contribution in [3.63, 3.8) is 0 Å². The van der Waals surface area contributed by atoms with E-state index >= 15 is 0 Å². The lowest BCUT2D eigenvalue weighted by Crippen LogP contribution is -1.96. The number of aromatic nitrogens is 2. The van der Waals surface area contributed by atoms with Crippen molar-refractivity contribution in [2.24, 2.45) is 17.2 Å². The summed E-state index contributed by atoms with van der Waals surface area (Å²) in [6.45, 7) is 0. The van der Waals surface area contributed by atoms with Crippen LogP contribution in [0.1, 0.15) is 17.7 Å². The molecular weight excluding hydrogens is 591 g/mol. The van der Waals surface area contributed by atoms with E-state index in [1.54, 1.807) is 42.1 Å². The Morgan fingerprint density at radius 1 is 0.733 bits per heavy atom. The van der Waals surface area contributed by atoms with Crippen LogP contribution in [-0.2, 0) is 5.75 Å². The number of allylic oxidation sites excluding steroid dienone is 3. The Hall–Kier alpha value is -4.85. The first-order chi connectivity index (χ1) is 22.2. The van der Waals surface area contributed by atoms with Gasteiger partial charge in [-0.1, -0.05) is 78.9 Å². The summed E-state index contributed by atoms with van der Waals surface area (Å²) < 4.78 is 2.39. The zero-order valence-electron chi connectivity index (χ0n) is 24.8. The van der Waals surface area contributed by atoms with Crippen LogP contribution in [-0.4, -0.2) is 15.3 Å². The average Bonchev–Trinajstić information content (AvgIpc) is 3.41. The molecule has 45 heavy (non-hydrogen) atoms. The van der Waals surface area contributed by atoms with E-state index in [4.69, 9.17) is 22.2 Å². The molecule has 6 aromatic rings.